The van der Waals surface area contributed by atoms with E-state index in [1.807, 2.05) is 0 Å². The molecule has 0 saturated carbocycles. The van der Waals surface area contributed by atoms with E-state index in [4.69, 9.17) is 4.74 Å². The zero-order valence-electron chi connectivity index (χ0n) is 22.5. The Hall–Kier alpha value is -3.56. The third-order valence-corrected chi connectivity index (χ3v) is 8.00. The van der Waals surface area contributed by atoms with E-state index in [1.54, 1.807) is 7.11 Å². The quantitative estimate of drug-likeness (QED) is 0.262. The minimum Gasteiger partial charge on any atom is -0.497 e. The van der Waals surface area contributed by atoms with Crippen LogP contribution in [0.2, 0.25) is 0 Å². The Bertz CT molecular complexity index is 1300. The summed E-state index contributed by atoms with van der Waals surface area (Å²) >= 11 is 0. The molecule has 0 amide bonds. The predicted molar refractivity (Wildman–Crippen MR) is 155 cm³/mol. The maximum atomic E-state index is 5.49. The first-order chi connectivity index (χ1) is 18.0. The van der Waals surface area contributed by atoms with E-state index in [9.17, 15) is 0 Å². The van der Waals surface area contributed by atoms with E-state index in [1.165, 1.54) is 39.2 Å². The van der Waals surface area contributed by atoms with Crippen molar-refractivity contribution in [2.45, 2.75) is 58.8 Å². The highest BCUT2D eigenvalue weighted by atomic mass is 16.5. The van der Waals surface area contributed by atoms with Gasteiger partial charge in [-0.15, -0.1) is 0 Å². The summed E-state index contributed by atoms with van der Waals surface area (Å²) in [6, 6.07) is 35.7. The minimum absolute atomic E-state index is 0.305. The molecule has 2 atom stereocenters. The zero-order valence-corrected chi connectivity index (χ0v) is 22.5. The van der Waals surface area contributed by atoms with Crippen LogP contribution >= 0.6 is 0 Å². The number of anilines is 2. The summed E-state index contributed by atoms with van der Waals surface area (Å²) in [4.78, 5) is 5.26. The summed E-state index contributed by atoms with van der Waals surface area (Å²) in [5.41, 5.74) is 9.51. The van der Waals surface area contributed by atoms with Crippen molar-refractivity contribution >= 4 is 11.4 Å². The second-order valence-corrected chi connectivity index (χ2v) is 10.3. The lowest BCUT2D eigenvalue weighted by Crippen LogP contribution is -2.46. The van der Waals surface area contributed by atoms with Crippen LogP contribution in [0.3, 0.4) is 0 Å². The molecule has 0 fully saturated rings. The van der Waals surface area contributed by atoms with Crippen molar-refractivity contribution in [1.82, 2.24) is 4.90 Å². The Morgan fingerprint density at radius 2 is 1.46 bits per heavy atom. The van der Waals surface area contributed by atoms with Gasteiger partial charge in [-0.2, -0.15) is 0 Å². The molecule has 1 heterocycles. The average molecular weight is 491 g/mol. The first-order valence-electron chi connectivity index (χ1n) is 13.4. The molecule has 0 bridgehead atoms. The lowest BCUT2D eigenvalue weighted by Gasteiger charge is -2.39. The Kier molecular flexibility index (Phi) is 7.62. The molecule has 0 N–H and O–H groups in total. The monoisotopic (exact) mass is 490 g/mol. The van der Waals surface area contributed by atoms with Gasteiger partial charge in [0.05, 0.1) is 7.11 Å². The molecule has 5 rings (SSSR count). The molecule has 0 radical (unpaired) electrons. The summed E-state index contributed by atoms with van der Waals surface area (Å²) < 4.78 is 5.49. The van der Waals surface area contributed by atoms with Crippen LogP contribution in [0.4, 0.5) is 11.4 Å². The van der Waals surface area contributed by atoms with Crippen molar-refractivity contribution in [1.29, 1.82) is 0 Å². The van der Waals surface area contributed by atoms with E-state index in [-0.39, 0.29) is 0 Å². The van der Waals surface area contributed by atoms with Gasteiger partial charge in [0.15, 0.2) is 0 Å². The third kappa shape index (κ3) is 5.42. The van der Waals surface area contributed by atoms with Crippen molar-refractivity contribution in [3.63, 3.8) is 0 Å². The number of nitrogens with zero attached hydrogens (tertiary/aromatic N) is 2. The Labute approximate surface area is 222 Å². The number of rotatable bonds is 7. The van der Waals surface area contributed by atoms with Gasteiger partial charge in [0.1, 0.15) is 5.75 Å². The smallest absolute Gasteiger partial charge is 0.119 e. The molecular weight excluding hydrogens is 452 g/mol. The van der Waals surface area contributed by atoms with Crippen LogP contribution in [0.5, 0.6) is 5.75 Å². The summed E-state index contributed by atoms with van der Waals surface area (Å²) in [5, 5.41) is 0. The highest BCUT2D eigenvalue weighted by Crippen LogP contribution is 2.39. The molecule has 4 aromatic carbocycles. The Morgan fingerprint density at radius 3 is 2.16 bits per heavy atom. The van der Waals surface area contributed by atoms with Crippen LogP contribution in [-0.2, 0) is 19.5 Å². The largest absolute Gasteiger partial charge is 0.497 e. The van der Waals surface area contributed by atoms with Crippen molar-refractivity contribution in [2.75, 3.05) is 12.0 Å². The molecule has 190 valence electrons. The summed E-state index contributed by atoms with van der Waals surface area (Å²) in [6.45, 7) is 8.78. The number of methoxy groups -OCH3 is 1. The molecule has 3 nitrogen and oxygen atoms in total. The Balaban J connectivity index is 1.58. The van der Waals surface area contributed by atoms with E-state index in [0.717, 1.165) is 31.7 Å². The van der Waals surface area contributed by atoms with Gasteiger partial charge in [0.2, 0.25) is 0 Å². The summed E-state index contributed by atoms with van der Waals surface area (Å²) in [6.07, 6.45) is 2.13. The first-order valence-corrected chi connectivity index (χ1v) is 13.4. The van der Waals surface area contributed by atoms with Crippen LogP contribution in [0, 0.1) is 13.8 Å². The van der Waals surface area contributed by atoms with Gasteiger partial charge in [-0.25, -0.2) is 0 Å². The molecule has 0 unspecified atom stereocenters. The number of hydrogen-bond acceptors (Lipinski definition) is 3. The van der Waals surface area contributed by atoms with E-state index in [0.29, 0.717) is 12.1 Å². The molecule has 37 heavy (non-hydrogen) atoms. The van der Waals surface area contributed by atoms with Crippen molar-refractivity contribution in [3.05, 3.63) is 125 Å². The predicted octanol–water partition coefficient (Wildman–Crippen LogP) is 7.86. The molecule has 0 spiro atoms. The van der Waals surface area contributed by atoms with Gasteiger partial charge in [0.25, 0.3) is 0 Å². The molecule has 1 aliphatic heterocycles. The molecule has 0 aromatic heterocycles. The molecule has 4 aromatic rings. The number of fused-ring (bicyclic) bond motifs is 1. The van der Waals surface area contributed by atoms with Crippen LogP contribution < -0.4 is 9.64 Å². The summed E-state index contributed by atoms with van der Waals surface area (Å²) in [5.74, 6) is 0.887. The van der Waals surface area contributed by atoms with Crippen LogP contribution in [0.25, 0.3) is 0 Å². The first kappa shape index (κ1) is 25.1. The standard InChI is InChI=1S/C34H38N2O/c1-25-11-10-12-26(2)32(25)21-22-33-27(3)35(23-28-13-6-5-7-14-28)24-29-15-8-9-16-34(29)36(33)30-17-19-31(37-4)20-18-30/h5-20,27,33H,21-24H2,1-4H3/t27-,33+/m0/s1. The number of benzene rings is 4. The number of aryl methyl sites for hydroxylation is 2. The fourth-order valence-electron chi connectivity index (χ4n) is 5.88. The molecule has 3 heteroatoms. The SMILES string of the molecule is COc1ccc(N2c3ccccc3CN(Cc3ccccc3)[C@@H](C)[C@H]2CCc2c(C)cccc2C)cc1. The number of hydrogen-bond donors (Lipinski definition) is 0. The third-order valence-electron chi connectivity index (χ3n) is 8.00. The van der Waals surface area contributed by atoms with Gasteiger partial charge in [-0.05, 0) is 91.8 Å². The highest BCUT2D eigenvalue weighted by Gasteiger charge is 2.34. The lowest BCUT2D eigenvalue weighted by atomic mass is 9.93. The van der Waals surface area contributed by atoms with Crippen molar-refractivity contribution in [2.24, 2.45) is 0 Å². The van der Waals surface area contributed by atoms with Crippen LogP contribution in [-0.4, -0.2) is 24.1 Å². The molecular formula is C34H38N2O. The normalized spacial score (nSPS) is 17.8. The van der Waals surface area contributed by atoms with E-state index >= 15 is 0 Å². The van der Waals surface area contributed by atoms with Gasteiger partial charge in [-0.3, -0.25) is 4.90 Å². The second kappa shape index (κ2) is 11.2. The van der Waals surface area contributed by atoms with Crippen molar-refractivity contribution in [3.8, 4) is 5.75 Å². The fourth-order valence-corrected chi connectivity index (χ4v) is 5.88. The fraction of sp³-hybridized carbons (Fsp3) is 0.294. The minimum atomic E-state index is 0.305. The molecule has 0 saturated heterocycles. The highest BCUT2D eigenvalue weighted by molar-refractivity contribution is 5.69. The number of ether oxygens (including phenoxy) is 1. The van der Waals surface area contributed by atoms with Gasteiger partial charge in [-0.1, -0.05) is 66.7 Å². The van der Waals surface area contributed by atoms with Crippen LogP contribution in [0.1, 0.15) is 41.2 Å². The topological polar surface area (TPSA) is 15.7 Å². The maximum Gasteiger partial charge on any atom is 0.119 e. The molecule has 1 aliphatic rings. The summed E-state index contributed by atoms with van der Waals surface area (Å²) in [7, 11) is 1.73. The zero-order chi connectivity index (χ0) is 25.8. The number of para-hydroxylation sites is 1. The van der Waals surface area contributed by atoms with Crippen molar-refractivity contribution < 1.29 is 4.74 Å². The van der Waals surface area contributed by atoms with Gasteiger partial charge < -0.3 is 9.64 Å². The van der Waals surface area contributed by atoms with E-state index < -0.39 is 0 Å². The van der Waals surface area contributed by atoms with E-state index in [2.05, 4.69) is 128 Å². The lowest BCUT2D eigenvalue weighted by molar-refractivity contribution is 0.169. The molecule has 0 aliphatic carbocycles. The van der Waals surface area contributed by atoms with Gasteiger partial charge >= 0.3 is 0 Å². The maximum absolute atomic E-state index is 5.49. The van der Waals surface area contributed by atoms with Gasteiger partial charge in [0, 0.05) is 36.5 Å². The average Bonchev–Trinajstić information content (AvgIpc) is 3.03. The second-order valence-electron chi connectivity index (χ2n) is 10.3. The van der Waals surface area contributed by atoms with Crippen LogP contribution in [0.15, 0.2) is 97.1 Å². The Morgan fingerprint density at radius 1 is 0.784 bits per heavy atom.